The van der Waals surface area contributed by atoms with Gasteiger partial charge in [-0.3, -0.25) is 0 Å². The Hall–Kier alpha value is -2.64. The number of benzene rings is 2. The van der Waals surface area contributed by atoms with Crippen LogP contribution in [0.3, 0.4) is 0 Å². The van der Waals surface area contributed by atoms with Gasteiger partial charge in [0.25, 0.3) is 0 Å². The summed E-state index contributed by atoms with van der Waals surface area (Å²) in [7, 11) is 1.42. The Bertz CT molecular complexity index is 1040. The minimum atomic E-state index is -1.62. The normalized spacial score (nSPS) is 29.5. The van der Waals surface area contributed by atoms with E-state index in [1.54, 1.807) is 18.2 Å². The van der Waals surface area contributed by atoms with E-state index in [9.17, 15) is 35.7 Å². The van der Waals surface area contributed by atoms with E-state index in [0.29, 0.717) is 24.0 Å². The Labute approximate surface area is 207 Å². The molecule has 0 spiro atoms. The van der Waals surface area contributed by atoms with Crippen LogP contribution >= 0.6 is 0 Å². The fourth-order valence-corrected chi connectivity index (χ4v) is 4.63. The third-order valence-corrected chi connectivity index (χ3v) is 6.60. The molecule has 0 bridgehead atoms. The van der Waals surface area contributed by atoms with Crippen LogP contribution < -0.4 is 14.2 Å². The van der Waals surface area contributed by atoms with Gasteiger partial charge >= 0.3 is 0 Å². The number of phenolic OH excluding ortho intramolecular Hbond substituents is 1. The smallest absolute Gasteiger partial charge is 0.229 e. The van der Waals surface area contributed by atoms with Gasteiger partial charge in [-0.05, 0) is 42.2 Å². The van der Waals surface area contributed by atoms with E-state index in [4.69, 9.17) is 18.9 Å². The van der Waals surface area contributed by atoms with Crippen molar-refractivity contribution in [3.63, 3.8) is 0 Å². The molecule has 0 radical (unpaired) electrons. The average Bonchev–Trinajstić information content (AvgIpc) is 3.26. The summed E-state index contributed by atoms with van der Waals surface area (Å²) in [6.07, 6.45) is -7.04. The molecule has 2 heterocycles. The summed E-state index contributed by atoms with van der Waals surface area (Å²) in [5, 5.41) is 69.7. The molecule has 7 N–H and O–H groups in total. The number of rotatable bonds is 9. The van der Waals surface area contributed by atoms with E-state index in [-0.39, 0.29) is 36.2 Å². The third kappa shape index (κ3) is 4.96. The van der Waals surface area contributed by atoms with Crippen LogP contribution in [-0.4, -0.2) is 93.4 Å². The lowest BCUT2D eigenvalue weighted by atomic mass is 9.90. The second kappa shape index (κ2) is 11.2. The van der Waals surface area contributed by atoms with E-state index >= 15 is 0 Å². The van der Waals surface area contributed by atoms with E-state index in [0.717, 1.165) is 5.56 Å². The summed E-state index contributed by atoms with van der Waals surface area (Å²) in [5.41, 5.74) is 2.04. The molecule has 4 rings (SSSR count). The molecule has 7 atom stereocenters. The first kappa shape index (κ1) is 26.4. The van der Waals surface area contributed by atoms with E-state index in [1.807, 2.05) is 6.07 Å². The van der Waals surface area contributed by atoms with Crippen molar-refractivity contribution >= 4 is 0 Å². The average molecular weight is 509 g/mol. The number of aromatic hydroxyl groups is 1. The molecule has 2 aromatic carbocycles. The molecule has 2 aromatic rings. The maximum atomic E-state index is 10.5. The number of ether oxygens (including phenoxy) is 4. The molecule has 0 aliphatic carbocycles. The fraction of sp³-hybridized carbons (Fsp3) is 0.520. The van der Waals surface area contributed by atoms with Crippen LogP contribution in [0.15, 0.2) is 30.3 Å². The zero-order valence-corrected chi connectivity index (χ0v) is 19.7. The summed E-state index contributed by atoms with van der Waals surface area (Å²) in [4.78, 5) is 0. The van der Waals surface area contributed by atoms with Gasteiger partial charge in [0.1, 0.15) is 30.5 Å². The van der Waals surface area contributed by atoms with Gasteiger partial charge in [0.05, 0.1) is 26.2 Å². The molecular formula is C25H32O11. The molecule has 0 saturated carbocycles. The van der Waals surface area contributed by atoms with Crippen molar-refractivity contribution in [2.45, 2.75) is 55.6 Å². The van der Waals surface area contributed by atoms with Crippen molar-refractivity contribution < 1.29 is 54.7 Å². The minimum absolute atomic E-state index is 0.0319. The van der Waals surface area contributed by atoms with Crippen LogP contribution in [0.4, 0.5) is 0 Å². The number of phenols is 1. The molecule has 0 unspecified atom stereocenters. The lowest BCUT2D eigenvalue weighted by molar-refractivity contribution is -0.277. The van der Waals surface area contributed by atoms with Crippen LogP contribution in [-0.2, 0) is 11.2 Å². The molecule has 2 aliphatic heterocycles. The van der Waals surface area contributed by atoms with Gasteiger partial charge in [-0.2, -0.15) is 0 Å². The van der Waals surface area contributed by atoms with Gasteiger partial charge in [0.15, 0.2) is 23.0 Å². The number of methoxy groups -OCH3 is 1. The van der Waals surface area contributed by atoms with Gasteiger partial charge in [-0.25, -0.2) is 0 Å². The van der Waals surface area contributed by atoms with Gasteiger partial charge in [0, 0.05) is 12.2 Å². The summed E-state index contributed by atoms with van der Waals surface area (Å²) >= 11 is 0. The predicted molar refractivity (Wildman–Crippen MR) is 124 cm³/mol. The Kier molecular flexibility index (Phi) is 8.20. The van der Waals surface area contributed by atoms with E-state index in [2.05, 4.69) is 0 Å². The van der Waals surface area contributed by atoms with Crippen molar-refractivity contribution in [3.05, 3.63) is 47.0 Å². The number of hydrogen-bond acceptors (Lipinski definition) is 11. The van der Waals surface area contributed by atoms with Crippen LogP contribution in [0, 0.1) is 0 Å². The van der Waals surface area contributed by atoms with Crippen molar-refractivity contribution in [2.24, 2.45) is 0 Å². The first-order valence-corrected chi connectivity index (χ1v) is 11.7. The molecule has 0 aromatic heterocycles. The maximum Gasteiger partial charge on any atom is 0.229 e. The minimum Gasteiger partial charge on any atom is -0.504 e. The monoisotopic (exact) mass is 508 g/mol. The number of fused-ring (bicyclic) bond motifs is 1. The highest BCUT2D eigenvalue weighted by Gasteiger charge is 2.46. The number of hydrogen-bond donors (Lipinski definition) is 7. The van der Waals surface area contributed by atoms with Crippen molar-refractivity contribution in [1.82, 2.24) is 0 Å². The summed E-state index contributed by atoms with van der Waals surface area (Å²) in [5.74, 6) is 0.133. The zero-order chi connectivity index (χ0) is 26.0. The molecule has 11 nitrogen and oxygen atoms in total. The standard InChI is InChI=1S/C25H32O11/c1-33-17-9-13(4-5-16(17)29)23-15(10-27)14-7-12(3-2-6-26)8-18(24(14)36-23)34-25-22(32)21(31)20(30)19(11-28)35-25/h4-5,7-9,15,19-23,25-32H,2-3,6,10-11H2,1H3/t15-,19-,20-,21+,22-,23+,25-/m1/s1. The largest absolute Gasteiger partial charge is 0.504 e. The first-order valence-electron chi connectivity index (χ1n) is 11.7. The van der Waals surface area contributed by atoms with Crippen molar-refractivity contribution in [2.75, 3.05) is 26.9 Å². The van der Waals surface area contributed by atoms with Gasteiger partial charge < -0.3 is 54.7 Å². The van der Waals surface area contributed by atoms with Gasteiger partial charge in [-0.1, -0.05) is 12.1 Å². The highest BCUT2D eigenvalue weighted by Crippen LogP contribution is 2.52. The van der Waals surface area contributed by atoms with Crippen molar-refractivity contribution in [1.29, 1.82) is 0 Å². The predicted octanol–water partition coefficient (Wildman–Crippen LogP) is -0.286. The highest BCUT2D eigenvalue weighted by molar-refractivity contribution is 5.56. The fourth-order valence-electron chi connectivity index (χ4n) is 4.63. The number of aryl methyl sites for hydroxylation is 1. The molecule has 1 saturated heterocycles. The SMILES string of the molecule is COc1cc([C@@H]2Oc3c(O[C@@H]4O[C@H](CO)[C@@H](O)[C@H](O)[C@H]4O)cc(CCCO)cc3[C@H]2CO)ccc1O. The van der Waals surface area contributed by atoms with Crippen LogP contribution in [0.25, 0.3) is 0 Å². The first-order chi connectivity index (χ1) is 17.3. The molecule has 198 valence electrons. The molecule has 11 heteroatoms. The molecular weight excluding hydrogens is 476 g/mol. The maximum absolute atomic E-state index is 10.5. The molecule has 2 aliphatic rings. The van der Waals surface area contributed by atoms with Crippen LogP contribution in [0.5, 0.6) is 23.0 Å². The Morgan fingerprint density at radius 1 is 0.917 bits per heavy atom. The van der Waals surface area contributed by atoms with Crippen LogP contribution in [0.1, 0.15) is 35.1 Å². The Morgan fingerprint density at radius 3 is 2.36 bits per heavy atom. The van der Waals surface area contributed by atoms with E-state index < -0.39 is 49.3 Å². The quantitative estimate of drug-likeness (QED) is 0.237. The molecule has 1 fully saturated rings. The lowest BCUT2D eigenvalue weighted by Crippen LogP contribution is -2.60. The summed E-state index contributed by atoms with van der Waals surface area (Å²) in [6, 6.07) is 8.24. The Balaban J connectivity index is 1.71. The third-order valence-electron chi connectivity index (χ3n) is 6.60. The number of aliphatic hydroxyl groups is 6. The van der Waals surface area contributed by atoms with Gasteiger partial charge in [0.2, 0.25) is 6.29 Å². The molecule has 36 heavy (non-hydrogen) atoms. The summed E-state index contributed by atoms with van der Waals surface area (Å²) in [6.45, 7) is -0.910. The van der Waals surface area contributed by atoms with Gasteiger partial charge in [-0.15, -0.1) is 0 Å². The zero-order valence-electron chi connectivity index (χ0n) is 19.7. The molecule has 0 amide bonds. The second-order valence-electron chi connectivity index (χ2n) is 8.91. The van der Waals surface area contributed by atoms with Crippen LogP contribution in [0.2, 0.25) is 0 Å². The summed E-state index contributed by atoms with van der Waals surface area (Å²) < 4.78 is 22.9. The van der Waals surface area contributed by atoms with E-state index in [1.165, 1.54) is 13.2 Å². The highest BCUT2D eigenvalue weighted by atomic mass is 16.7. The number of aliphatic hydroxyl groups excluding tert-OH is 6. The van der Waals surface area contributed by atoms with Crippen molar-refractivity contribution in [3.8, 4) is 23.0 Å². The lowest BCUT2D eigenvalue weighted by Gasteiger charge is -2.39. The topological polar surface area (TPSA) is 179 Å². The second-order valence-corrected chi connectivity index (χ2v) is 8.91. The Morgan fingerprint density at radius 2 is 1.69 bits per heavy atom.